The van der Waals surface area contributed by atoms with Crippen molar-refractivity contribution < 1.29 is 24.5 Å². The molecule has 1 fully saturated rings. The number of aryl methyl sites for hydroxylation is 1. The number of ketones is 1. The highest BCUT2D eigenvalue weighted by Gasteiger charge is 2.48. The van der Waals surface area contributed by atoms with Crippen molar-refractivity contribution in [1.29, 1.82) is 0 Å². The Bertz CT molecular complexity index is 1990. The van der Waals surface area contributed by atoms with Gasteiger partial charge in [0.15, 0.2) is 17.7 Å². The molecule has 1 saturated carbocycles. The number of nitrogens with zero attached hydrogens (tertiary/aromatic N) is 2. The molecule has 5 N–H and O–H groups in total. The number of nitrogens with two attached hydrogens (primary N) is 1. The molecule has 2 bridgehead atoms. The van der Waals surface area contributed by atoms with E-state index in [1.807, 2.05) is 36.5 Å². The van der Waals surface area contributed by atoms with E-state index in [0.29, 0.717) is 43.7 Å². The van der Waals surface area contributed by atoms with Crippen molar-refractivity contribution in [2.24, 2.45) is 22.1 Å². The fourth-order valence-corrected chi connectivity index (χ4v) is 9.04. The lowest BCUT2D eigenvalue weighted by molar-refractivity contribution is -0.121. The van der Waals surface area contributed by atoms with Crippen molar-refractivity contribution in [2.45, 2.75) is 115 Å². The minimum Gasteiger partial charge on any atom is -0.465 e. The molecule has 0 radical (unpaired) electrons. The first kappa shape index (κ1) is 35.6. The van der Waals surface area contributed by atoms with Crippen LogP contribution in [0.2, 0.25) is 0 Å². The van der Waals surface area contributed by atoms with Gasteiger partial charge in [-0.25, -0.2) is 0 Å². The predicted molar refractivity (Wildman–Crippen MR) is 204 cm³/mol. The van der Waals surface area contributed by atoms with Gasteiger partial charge in [-0.2, -0.15) is 0 Å². The van der Waals surface area contributed by atoms with Gasteiger partial charge in [0, 0.05) is 43.8 Å². The molecule has 5 atom stereocenters. The monoisotopic (exact) mass is 714 g/mol. The molecular formula is C44H50N4O5. The summed E-state index contributed by atoms with van der Waals surface area (Å²) in [4.78, 5) is 20.0. The van der Waals surface area contributed by atoms with E-state index in [0.717, 1.165) is 97.0 Å². The average molecular weight is 715 g/mol. The van der Waals surface area contributed by atoms with Gasteiger partial charge in [-0.05, 0) is 77.6 Å². The quantitative estimate of drug-likeness (QED) is 0.193. The van der Waals surface area contributed by atoms with Gasteiger partial charge in [0.05, 0.1) is 35.9 Å². The number of aliphatic hydroxyl groups excluding tert-OH is 2. The van der Waals surface area contributed by atoms with Crippen LogP contribution in [0.25, 0.3) is 0 Å². The second-order valence-electron chi connectivity index (χ2n) is 15.5. The third-order valence-electron chi connectivity index (χ3n) is 12.0. The molecule has 2 aromatic rings. The van der Waals surface area contributed by atoms with Crippen LogP contribution in [0, 0.1) is 35.2 Å². The number of unbranched alkanes of at least 4 members (excludes halogenated alkanes) is 2. The van der Waals surface area contributed by atoms with Crippen molar-refractivity contribution in [3.05, 3.63) is 81.7 Å². The topological polar surface area (TPSA) is 130 Å². The summed E-state index contributed by atoms with van der Waals surface area (Å²) in [5.41, 5.74) is 14.3. The lowest BCUT2D eigenvalue weighted by Gasteiger charge is -2.39. The van der Waals surface area contributed by atoms with Crippen LogP contribution in [0.1, 0.15) is 111 Å². The number of carbonyl (C=O) groups is 1. The van der Waals surface area contributed by atoms with E-state index in [-0.39, 0.29) is 24.3 Å². The normalized spacial score (nSPS) is 25.2. The zero-order chi connectivity index (χ0) is 36.5. The fourth-order valence-electron chi connectivity index (χ4n) is 9.04. The lowest BCUT2D eigenvalue weighted by Crippen LogP contribution is -2.47. The fraction of sp³-hybridized carbons (Fsp3) is 0.500. The van der Waals surface area contributed by atoms with Crippen molar-refractivity contribution in [3.8, 4) is 35.4 Å². The van der Waals surface area contributed by atoms with Crippen LogP contribution >= 0.6 is 0 Å². The van der Waals surface area contributed by atoms with Crippen molar-refractivity contribution in [1.82, 2.24) is 10.2 Å². The largest absolute Gasteiger partial charge is 0.465 e. The van der Waals surface area contributed by atoms with Crippen LogP contribution in [0.5, 0.6) is 11.5 Å². The van der Waals surface area contributed by atoms with Gasteiger partial charge in [-0.15, -0.1) is 0 Å². The van der Waals surface area contributed by atoms with Gasteiger partial charge in [-0.3, -0.25) is 15.1 Å². The van der Waals surface area contributed by atoms with E-state index >= 15 is 0 Å². The van der Waals surface area contributed by atoms with Gasteiger partial charge in [0.2, 0.25) is 0 Å². The Labute approximate surface area is 312 Å². The average Bonchev–Trinajstić information content (AvgIpc) is 3.89. The summed E-state index contributed by atoms with van der Waals surface area (Å²) >= 11 is 0. The minimum atomic E-state index is -1.01. The molecule has 276 valence electrons. The summed E-state index contributed by atoms with van der Waals surface area (Å²) in [5.74, 6) is 11.2. The maximum absolute atomic E-state index is 12.8. The molecule has 53 heavy (non-hydrogen) atoms. The van der Waals surface area contributed by atoms with E-state index < -0.39 is 23.9 Å². The van der Waals surface area contributed by atoms with E-state index in [2.05, 4.69) is 47.2 Å². The molecule has 0 unspecified atom stereocenters. The number of nitrogens with one attached hydrogen (secondary N) is 1. The van der Waals surface area contributed by atoms with Gasteiger partial charge < -0.3 is 30.3 Å². The number of Topliss-reactive ketones (excluding diaryl/α,β-unsaturated/α-hetero) is 1. The maximum Gasteiger partial charge on any atom is 0.187 e. The summed E-state index contributed by atoms with van der Waals surface area (Å²) < 4.78 is 13.2. The first-order valence-corrected chi connectivity index (χ1v) is 19.6. The highest BCUT2D eigenvalue weighted by atomic mass is 16.5. The third kappa shape index (κ3) is 7.16. The van der Waals surface area contributed by atoms with Gasteiger partial charge in [-0.1, -0.05) is 75.0 Å². The SMILES string of the molecule is CCCCC[C@@H](O)CC(=O)CCc1ccc2c(c1)O[C@H]1[C@@H](C#C[C@H](O)c3ccc4c(c3CC3=CN=C5CN1C=C35)CCN[C@@H]4N)C1(C#CO2)CCCC1. The van der Waals surface area contributed by atoms with Crippen LogP contribution in [-0.4, -0.2) is 52.0 Å². The molecule has 1 spiro atoms. The number of allylic oxidation sites excluding steroid dienone is 1. The molecule has 9 nitrogen and oxygen atoms in total. The number of aliphatic hydroxyl groups is 2. The highest BCUT2D eigenvalue weighted by Crippen LogP contribution is 2.49. The highest BCUT2D eigenvalue weighted by molar-refractivity contribution is 6.09. The summed E-state index contributed by atoms with van der Waals surface area (Å²) in [6, 6.07) is 9.81. The first-order valence-electron chi connectivity index (χ1n) is 19.6. The standard InChI is InChI=1S/C44H50N4O5/c1-2-3-4-7-30(49)24-31(50)10-8-28-9-15-40-41(22-28)53-43-37(44(19-21-52-40)17-5-6-18-44)13-14-39(51)33-11-12-34-32(16-20-46-42(34)45)35(33)23-29-25-47-38-27-48(43)26-36(29)38/h9,11-12,15,22,25-26,30,37,39,42-43,46,49,51H,2-8,10,16-18,20,23-24,27,45H2,1H3/t30-,37-,39+,42+,43+/m1/s1. The molecule has 2 aromatic carbocycles. The zero-order valence-corrected chi connectivity index (χ0v) is 30.6. The van der Waals surface area contributed by atoms with Crippen molar-refractivity contribution in [3.63, 3.8) is 0 Å². The Morgan fingerprint density at radius 2 is 1.98 bits per heavy atom. The number of fused-ring (bicyclic) bond motifs is 8. The summed E-state index contributed by atoms with van der Waals surface area (Å²) in [6.07, 6.45) is 14.8. The van der Waals surface area contributed by atoms with Crippen molar-refractivity contribution >= 4 is 11.5 Å². The van der Waals surface area contributed by atoms with Gasteiger partial charge in [0.25, 0.3) is 0 Å². The summed E-state index contributed by atoms with van der Waals surface area (Å²) in [7, 11) is 0. The summed E-state index contributed by atoms with van der Waals surface area (Å²) in [6.45, 7) is 3.46. The number of benzene rings is 2. The van der Waals surface area contributed by atoms with Crippen LogP contribution in [0.3, 0.4) is 0 Å². The van der Waals surface area contributed by atoms with Crippen LogP contribution in [-0.2, 0) is 24.1 Å². The van der Waals surface area contributed by atoms with E-state index in [1.54, 1.807) is 0 Å². The van der Waals surface area contributed by atoms with Crippen LogP contribution in [0.15, 0.2) is 58.9 Å². The molecule has 1 aliphatic carbocycles. The maximum atomic E-state index is 12.8. The third-order valence-corrected chi connectivity index (χ3v) is 12.0. The van der Waals surface area contributed by atoms with Crippen LogP contribution < -0.4 is 20.5 Å². The molecule has 6 aliphatic rings. The Balaban J connectivity index is 1.15. The molecular weight excluding hydrogens is 665 g/mol. The molecule has 8 rings (SSSR count). The number of hydrogen-bond acceptors (Lipinski definition) is 9. The number of ether oxygens (including phenoxy) is 2. The molecule has 5 heterocycles. The van der Waals surface area contributed by atoms with Crippen LogP contribution in [0.4, 0.5) is 0 Å². The molecule has 9 heteroatoms. The Morgan fingerprint density at radius 1 is 1.13 bits per heavy atom. The van der Waals surface area contributed by atoms with Crippen molar-refractivity contribution in [2.75, 3.05) is 13.1 Å². The summed E-state index contributed by atoms with van der Waals surface area (Å²) in [5, 5.41) is 25.6. The zero-order valence-electron chi connectivity index (χ0n) is 30.6. The van der Waals surface area contributed by atoms with E-state index in [9.17, 15) is 15.0 Å². The second kappa shape index (κ2) is 15.2. The minimum absolute atomic E-state index is 0.0541. The predicted octanol–water partition coefficient (Wildman–Crippen LogP) is 5.69. The smallest absolute Gasteiger partial charge is 0.187 e. The molecule has 5 aliphatic heterocycles. The number of hydrogen-bond donors (Lipinski definition) is 4. The number of carbonyl (C=O) groups excluding carboxylic acids is 1. The first-order chi connectivity index (χ1) is 25.8. The Morgan fingerprint density at radius 3 is 2.83 bits per heavy atom. The number of rotatable bonds is 9. The van der Waals surface area contributed by atoms with Gasteiger partial charge in [0.1, 0.15) is 18.0 Å². The van der Waals surface area contributed by atoms with Gasteiger partial charge >= 0.3 is 0 Å². The number of aliphatic imine (C=N–C) groups is 1. The van der Waals surface area contributed by atoms with E-state index in [4.69, 9.17) is 20.2 Å². The molecule has 0 amide bonds. The lowest BCUT2D eigenvalue weighted by atomic mass is 9.73. The molecule has 0 saturated heterocycles. The Kier molecular flexibility index (Phi) is 10.2. The second-order valence-corrected chi connectivity index (χ2v) is 15.5. The van der Waals surface area contributed by atoms with E-state index in [1.165, 1.54) is 5.56 Å². The Hall–Kier alpha value is -4.38. The molecule has 0 aromatic heterocycles.